The monoisotopic (exact) mass is 243 g/mol. The predicted octanol–water partition coefficient (Wildman–Crippen LogP) is 3.19. The molecule has 94 valence electrons. The molecule has 0 amide bonds. The van der Waals surface area contributed by atoms with Crippen molar-refractivity contribution in [3.63, 3.8) is 0 Å². The van der Waals surface area contributed by atoms with Gasteiger partial charge in [-0.15, -0.1) is 0 Å². The summed E-state index contributed by atoms with van der Waals surface area (Å²) in [5, 5.41) is 0. The normalized spacial score (nSPS) is 10.4. The van der Waals surface area contributed by atoms with Gasteiger partial charge in [-0.2, -0.15) is 0 Å². The lowest BCUT2D eigenvalue weighted by Crippen LogP contribution is -2.04. The Labute approximate surface area is 107 Å². The van der Waals surface area contributed by atoms with E-state index in [-0.39, 0.29) is 5.97 Å². The second kappa shape index (κ2) is 4.69. The Balaban J connectivity index is 2.55. The van der Waals surface area contributed by atoms with Gasteiger partial charge in [-0.1, -0.05) is 17.7 Å². The summed E-state index contributed by atoms with van der Waals surface area (Å²) >= 11 is 0. The number of carbonyl (C=O) groups is 1. The predicted molar refractivity (Wildman–Crippen MR) is 71.3 cm³/mol. The molecule has 0 spiro atoms. The Morgan fingerprint density at radius 1 is 1.11 bits per heavy atom. The number of nitrogens with zero attached hydrogens (tertiary/aromatic N) is 1. The SMILES string of the molecule is COC(=O)c1cc(C)n(-c2ccc(C)cc2)c1C. The number of carbonyl (C=O) groups excluding carboxylic acids is 1. The van der Waals surface area contributed by atoms with Crippen molar-refractivity contribution in [1.29, 1.82) is 0 Å². The number of benzene rings is 1. The summed E-state index contributed by atoms with van der Waals surface area (Å²) in [6.07, 6.45) is 0. The molecule has 0 aliphatic carbocycles. The van der Waals surface area contributed by atoms with Crippen LogP contribution in [0.3, 0.4) is 0 Å². The van der Waals surface area contributed by atoms with E-state index in [0.29, 0.717) is 5.56 Å². The summed E-state index contributed by atoms with van der Waals surface area (Å²) in [4.78, 5) is 11.6. The van der Waals surface area contributed by atoms with Crippen molar-refractivity contribution in [3.8, 4) is 5.69 Å². The highest BCUT2D eigenvalue weighted by Gasteiger charge is 2.16. The zero-order valence-electron chi connectivity index (χ0n) is 11.2. The zero-order valence-corrected chi connectivity index (χ0v) is 11.2. The summed E-state index contributed by atoms with van der Waals surface area (Å²) in [6.45, 7) is 5.97. The number of methoxy groups -OCH3 is 1. The first-order valence-electron chi connectivity index (χ1n) is 5.89. The average Bonchev–Trinajstić information content (AvgIpc) is 2.65. The molecular weight excluding hydrogens is 226 g/mol. The van der Waals surface area contributed by atoms with Crippen LogP contribution in [0.1, 0.15) is 27.3 Å². The van der Waals surface area contributed by atoms with E-state index in [1.807, 2.05) is 19.9 Å². The van der Waals surface area contributed by atoms with E-state index in [2.05, 4.69) is 35.8 Å². The molecule has 3 heteroatoms. The fourth-order valence-corrected chi connectivity index (χ4v) is 2.17. The van der Waals surface area contributed by atoms with Crippen LogP contribution in [0.4, 0.5) is 0 Å². The maximum Gasteiger partial charge on any atom is 0.339 e. The lowest BCUT2D eigenvalue weighted by molar-refractivity contribution is 0.0600. The molecule has 0 aliphatic rings. The highest BCUT2D eigenvalue weighted by Crippen LogP contribution is 2.21. The standard InChI is InChI=1S/C15H17NO2/c1-10-5-7-13(8-6-10)16-11(2)9-14(12(16)3)15(17)18-4/h5-9H,1-4H3. The van der Waals surface area contributed by atoms with Gasteiger partial charge < -0.3 is 9.30 Å². The molecular formula is C15H17NO2. The third kappa shape index (κ3) is 2.04. The summed E-state index contributed by atoms with van der Waals surface area (Å²) < 4.78 is 6.85. The number of esters is 1. The molecule has 0 saturated heterocycles. The maximum atomic E-state index is 11.6. The van der Waals surface area contributed by atoms with Gasteiger partial charge >= 0.3 is 5.97 Å². The lowest BCUT2D eigenvalue weighted by Gasteiger charge is -2.10. The van der Waals surface area contributed by atoms with Gasteiger partial charge in [0.25, 0.3) is 0 Å². The molecule has 0 N–H and O–H groups in total. The fraction of sp³-hybridized carbons (Fsp3) is 0.267. The van der Waals surface area contributed by atoms with Crippen LogP contribution in [-0.2, 0) is 4.74 Å². The molecule has 3 nitrogen and oxygen atoms in total. The quantitative estimate of drug-likeness (QED) is 0.758. The molecule has 2 rings (SSSR count). The molecule has 0 atom stereocenters. The minimum atomic E-state index is -0.290. The van der Waals surface area contributed by atoms with E-state index in [1.165, 1.54) is 12.7 Å². The van der Waals surface area contributed by atoms with E-state index in [9.17, 15) is 4.79 Å². The molecule has 18 heavy (non-hydrogen) atoms. The van der Waals surface area contributed by atoms with Crippen molar-refractivity contribution in [2.75, 3.05) is 7.11 Å². The van der Waals surface area contributed by atoms with E-state index >= 15 is 0 Å². The molecule has 0 saturated carbocycles. The lowest BCUT2D eigenvalue weighted by atomic mass is 10.2. The zero-order chi connectivity index (χ0) is 13.3. The Morgan fingerprint density at radius 3 is 2.28 bits per heavy atom. The Kier molecular flexibility index (Phi) is 3.24. The average molecular weight is 243 g/mol. The Hall–Kier alpha value is -2.03. The number of aryl methyl sites for hydroxylation is 2. The smallest absolute Gasteiger partial charge is 0.339 e. The molecule has 2 aromatic rings. The van der Waals surface area contributed by atoms with Gasteiger partial charge in [0.15, 0.2) is 0 Å². The van der Waals surface area contributed by atoms with Crippen LogP contribution in [0, 0.1) is 20.8 Å². The first-order chi connectivity index (χ1) is 8.54. The minimum absolute atomic E-state index is 0.290. The second-order valence-corrected chi connectivity index (χ2v) is 4.45. The van der Waals surface area contributed by atoms with Crippen LogP contribution < -0.4 is 0 Å². The number of rotatable bonds is 2. The summed E-state index contributed by atoms with van der Waals surface area (Å²) in [5.74, 6) is -0.290. The summed E-state index contributed by atoms with van der Waals surface area (Å²) in [6, 6.07) is 10.1. The molecule has 0 radical (unpaired) electrons. The molecule has 1 aromatic heterocycles. The van der Waals surface area contributed by atoms with Crippen molar-refractivity contribution >= 4 is 5.97 Å². The van der Waals surface area contributed by atoms with Crippen LogP contribution in [0.25, 0.3) is 5.69 Å². The molecule has 0 bridgehead atoms. The van der Waals surface area contributed by atoms with Gasteiger partial charge in [-0.25, -0.2) is 4.79 Å². The summed E-state index contributed by atoms with van der Waals surface area (Å²) in [7, 11) is 1.40. The third-order valence-corrected chi connectivity index (χ3v) is 3.13. The van der Waals surface area contributed by atoms with E-state index in [4.69, 9.17) is 4.74 Å². The highest BCUT2D eigenvalue weighted by molar-refractivity contribution is 5.91. The Morgan fingerprint density at radius 2 is 1.72 bits per heavy atom. The third-order valence-electron chi connectivity index (χ3n) is 3.13. The second-order valence-electron chi connectivity index (χ2n) is 4.45. The number of ether oxygens (including phenoxy) is 1. The number of hydrogen-bond donors (Lipinski definition) is 0. The van der Waals surface area contributed by atoms with Crippen molar-refractivity contribution < 1.29 is 9.53 Å². The Bertz CT molecular complexity index is 579. The van der Waals surface area contributed by atoms with Crippen LogP contribution in [0.2, 0.25) is 0 Å². The van der Waals surface area contributed by atoms with Gasteiger partial charge in [0.1, 0.15) is 0 Å². The maximum absolute atomic E-state index is 11.6. The largest absolute Gasteiger partial charge is 0.465 e. The first kappa shape index (κ1) is 12.4. The van der Waals surface area contributed by atoms with Gasteiger partial charge in [0.2, 0.25) is 0 Å². The van der Waals surface area contributed by atoms with Crippen molar-refractivity contribution in [2.45, 2.75) is 20.8 Å². The van der Waals surface area contributed by atoms with E-state index < -0.39 is 0 Å². The minimum Gasteiger partial charge on any atom is -0.465 e. The number of hydrogen-bond acceptors (Lipinski definition) is 2. The topological polar surface area (TPSA) is 31.2 Å². The van der Waals surface area contributed by atoms with Crippen LogP contribution in [0.5, 0.6) is 0 Å². The van der Waals surface area contributed by atoms with Gasteiger partial charge in [0, 0.05) is 17.1 Å². The molecule has 1 aromatic carbocycles. The van der Waals surface area contributed by atoms with Crippen LogP contribution in [0.15, 0.2) is 30.3 Å². The van der Waals surface area contributed by atoms with Gasteiger partial charge in [-0.05, 0) is 39.0 Å². The van der Waals surface area contributed by atoms with Crippen LogP contribution in [-0.4, -0.2) is 17.6 Å². The number of aromatic nitrogens is 1. The molecule has 1 heterocycles. The fourth-order valence-electron chi connectivity index (χ4n) is 2.17. The molecule has 0 unspecified atom stereocenters. The summed E-state index contributed by atoms with van der Waals surface area (Å²) in [5.41, 5.74) is 4.83. The van der Waals surface area contributed by atoms with Crippen molar-refractivity contribution in [3.05, 3.63) is 52.8 Å². The van der Waals surface area contributed by atoms with Gasteiger partial charge in [-0.3, -0.25) is 0 Å². The van der Waals surface area contributed by atoms with E-state index in [0.717, 1.165) is 17.1 Å². The van der Waals surface area contributed by atoms with Crippen molar-refractivity contribution in [2.24, 2.45) is 0 Å². The molecule has 0 fully saturated rings. The highest BCUT2D eigenvalue weighted by atomic mass is 16.5. The van der Waals surface area contributed by atoms with Crippen molar-refractivity contribution in [1.82, 2.24) is 4.57 Å². The van der Waals surface area contributed by atoms with Gasteiger partial charge in [0.05, 0.1) is 12.7 Å². The first-order valence-corrected chi connectivity index (χ1v) is 5.89. The van der Waals surface area contributed by atoms with Crippen LogP contribution >= 0.6 is 0 Å². The van der Waals surface area contributed by atoms with E-state index in [1.54, 1.807) is 0 Å². The molecule has 0 aliphatic heterocycles.